The Morgan fingerprint density at radius 3 is 3.06 bits per heavy atom. The SMILES string of the molecule is CCCNC(=S)N[C@@H]1CCCc2ccccc21. The fraction of sp³-hybridized carbons (Fsp3) is 0.500. The van der Waals surface area contributed by atoms with Crippen LogP contribution in [0.3, 0.4) is 0 Å². The second-order valence-corrected chi connectivity index (χ2v) is 4.95. The van der Waals surface area contributed by atoms with Crippen LogP contribution in [0.15, 0.2) is 24.3 Å². The fourth-order valence-electron chi connectivity index (χ4n) is 2.35. The van der Waals surface area contributed by atoms with Crippen LogP contribution < -0.4 is 10.6 Å². The molecule has 0 aliphatic heterocycles. The van der Waals surface area contributed by atoms with Gasteiger partial charge in [-0.05, 0) is 49.0 Å². The third-order valence-electron chi connectivity index (χ3n) is 3.21. The van der Waals surface area contributed by atoms with E-state index in [0.29, 0.717) is 6.04 Å². The largest absolute Gasteiger partial charge is 0.363 e. The summed E-state index contributed by atoms with van der Waals surface area (Å²) in [4.78, 5) is 0. The van der Waals surface area contributed by atoms with Crippen LogP contribution in [0.5, 0.6) is 0 Å². The molecule has 2 N–H and O–H groups in total. The maximum Gasteiger partial charge on any atom is 0.166 e. The highest BCUT2D eigenvalue weighted by atomic mass is 32.1. The number of benzene rings is 1. The van der Waals surface area contributed by atoms with E-state index < -0.39 is 0 Å². The Morgan fingerprint density at radius 1 is 1.41 bits per heavy atom. The first-order valence-corrected chi connectivity index (χ1v) is 6.84. The predicted molar refractivity (Wildman–Crippen MR) is 76.1 cm³/mol. The first kappa shape index (κ1) is 12.4. The standard InChI is InChI=1S/C14H20N2S/c1-2-10-15-14(17)16-13-9-5-7-11-6-3-4-8-12(11)13/h3-4,6,8,13H,2,5,7,9-10H2,1H3,(H2,15,16,17)/t13-/m1/s1. The summed E-state index contributed by atoms with van der Waals surface area (Å²) in [7, 11) is 0. The van der Waals surface area contributed by atoms with Crippen molar-refractivity contribution in [1.29, 1.82) is 0 Å². The molecule has 0 spiro atoms. The van der Waals surface area contributed by atoms with Gasteiger partial charge in [0, 0.05) is 6.54 Å². The average molecular weight is 248 g/mol. The summed E-state index contributed by atoms with van der Waals surface area (Å²) < 4.78 is 0. The molecule has 2 nitrogen and oxygen atoms in total. The van der Waals surface area contributed by atoms with E-state index in [0.717, 1.165) is 18.1 Å². The fourth-order valence-corrected chi connectivity index (χ4v) is 2.60. The molecule has 1 aromatic carbocycles. The number of fused-ring (bicyclic) bond motifs is 1. The normalized spacial score (nSPS) is 18.3. The molecule has 92 valence electrons. The summed E-state index contributed by atoms with van der Waals surface area (Å²) in [5, 5.41) is 7.45. The molecule has 0 unspecified atom stereocenters. The van der Waals surface area contributed by atoms with Crippen molar-refractivity contribution in [2.24, 2.45) is 0 Å². The molecule has 0 fully saturated rings. The van der Waals surface area contributed by atoms with Crippen LogP contribution in [0.2, 0.25) is 0 Å². The quantitative estimate of drug-likeness (QED) is 0.804. The number of aryl methyl sites for hydroxylation is 1. The zero-order valence-electron chi connectivity index (χ0n) is 10.3. The van der Waals surface area contributed by atoms with Gasteiger partial charge in [-0.1, -0.05) is 31.2 Å². The van der Waals surface area contributed by atoms with Gasteiger partial charge in [-0.15, -0.1) is 0 Å². The molecule has 1 aliphatic rings. The summed E-state index contributed by atoms with van der Waals surface area (Å²) in [6, 6.07) is 9.06. The van der Waals surface area contributed by atoms with Crippen LogP contribution in [0, 0.1) is 0 Å². The van der Waals surface area contributed by atoms with Crippen molar-refractivity contribution < 1.29 is 0 Å². The number of thiocarbonyl (C=S) groups is 1. The second kappa shape index (κ2) is 6.01. The van der Waals surface area contributed by atoms with Gasteiger partial charge in [0.2, 0.25) is 0 Å². The van der Waals surface area contributed by atoms with Gasteiger partial charge < -0.3 is 10.6 Å². The number of hydrogen-bond acceptors (Lipinski definition) is 1. The number of nitrogens with one attached hydrogen (secondary N) is 2. The Labute approximate surface area is 109 Å². The Balaban J connectivity index is 2.01. The van der Waals surface area contributed by atoms with E-state index in [9.17, 15) is 0 Å². The van der Waals surface area contributed by atoms with Crippen LogP contribution in [0.4, 0.5) is 0 Å². The molecule has 1 atom stereocenters. The molecular formula is C14H20N2S. The van der Waals surface area contributed by atoms with E-state index in [4.69, 9.17) is 12.2 Å². The monoisotopic (exact) mass is 248 g/mol. The highest BCUT2D eigenvalue weighted by molar-refractivity contribution is 7.80. The first-order valence-electron chi connectivity index (χ1n) is 6.43. The predicted octanol–water partition coefficient (Wildman–Crippen LogP) is 2.94. The average Bonchev–Trinajstić information content (AvgIpc) is 2.37. The molecule has 0 heterocycles. The van der Waals surface area contributed by atoms with Crippen molar-refractivity contribution >= 4 is 17.3 Å². The van der Waals surface area contributed by atoms with Crippen molar-refractivity contribution in [1.82, 2.24) is 10.6 Å². The van der Waals surface area contributed by atoms with Crippen molar-refractivity contribution in [3.8, 4) is 0 Å². The first-order chi connectivity index (χ1) is 8.31. The molecular weight excluding hydrogens is 228 g/mol. The van der Waals surface area contributed by atoms with E-state index >= 15 is 0 Å². The van der Waals surface area contributed by atoms with Crippen LogP contribution in [-0.2, 0) is 6.42 Å². The molecule has 0 radical (unpaired) electrons. The van der Waals surface area contributed by atoms with Crippen molar-refractivity contribution in [3.63, 3.8) is 0 Å². The molecule has 0 saturated carbocycles. The van der Waals surface area contributed by atoms with Gasteiger partial charge in [-0.25, -0.2) is 0 Å². The minimum absolute atomic E-state index is 0.386. The molecule has 0 amide bonds. The van der Waals surface area contributed by atoms with E-state index in [1.54, 1.807) is 0 Å². The van der Waals surface area contributed by atoms with Gasteiger partial charge in [-0.3, -0.25) is 0 Å². The molecule has 17 heavy (non-hydrogen) atoms. The number of rotatable bonds is 3. The van der Waals surface area contributed by atoms with Gasteiger partial charge in [0.1, 0.15) is 0 Å². The molecule has 2 rings (SSSR count). The summed E-state index contributed by atoms with van der Waals surface area (Å²) in [5.74, 6) is 0. The molecule has 1 aromatic rings. The van der Waals surface area contributed by atoms with Crippen LogP contribution in [-0.4, -0.2) is 11.7 Å². The minimum atomic E-state index is 0.386. The summed E-state index contributed by atoms with van der Waals surface area (Å²) in [5.41, 5.74) is 2.88. The Bertz CT molecular complexity index is 390. The van der Waals surface area contributed by atoms with Crippen molar-refractivity contribution in [2.45, 2.75) is 38.6 Å². The highest BCUT2D eigenvalue weighted by Gasteiger charge is 2.19. The van der Waals surface area contributed by atoms with E-state index in [1.807, 2.05) is 0 Å². The van der Waals surface area contributed by atoms with Gasteiger partial charge in [0.15, 0.2) is 5.11 Å². The zero-order valence-corrected chi connectivity index (χ0v) is 11.1. The lowest BCUT2D eigenvalue weighted by Gasteiger charge is -2.27. The summed E-state index contributed by atoms with van der Waals surface area (Å²) in [6.45, 7) is 3.09. The van der Waals surface area contributed by atoms with Gasteiger partial charge >= 0.3 is 0 Å². The molecule has 1 aliphatic carbocycles. The van der Waals surface area contributed by atoms with E-state index in [1.165, 1.54) is 30.4 Å². The lowest BCUT2D eigenvalue weighted by molar-refractivity contribution is 0.523. The van der Waals surface area contributed by atoms with Crippen LogP contribution >= 0.6 is 12.2 Å². The Kier molecular flexibility index (Phi) is 4.37. The number of hydrogen-bond donors (Lipinski definition) is 2. The third-order valence-corrected chi connectivity index (χ3v) is 3.47. The van der Waals surface area contributed by atoms with Gasteiger partial charge in [-0.2, -0.15) is 0 Å². The van der Waals surface area contributed by atoms with Crippen molar-refractivity contribution in [2.75, 3.05) is 6.54 Å². The van der Waals surface area contributed by atoms with Gasteiger partial charge in [0.25, 0.3) is 0 Å². The smallest absolute Gasteiger partial charge is 0.166 e. The summed E-state index contributed by atoms with van der Waals surface area (Å²) >= 11 is 5.31. The van der Waals surface area contributed by atoms with Gasteiger partial charge in [0.05, 0.1) is 6.04 Å². The second-order valence-electron chi connectivity index (χ2n) is 4.54. The zero-order chi connectivity index (χ0) is 12.1. The maximum absolute atomic E-state index is 5.31. The minimum Gasteiger partial charge on any atom is -0.363 e. The van der Waals surface area contributed by atoms with E-state index in [2.05, 4.69) is 41.8 Å². The highest BCUT2D eigenvalue weighted by Crippen LogP contribution is 2.29. The van der Waals surface area contributed by atoms with Crippen LogP contribution in [0.1, 0.15) is 43.4 Å². The third kappa shape index (κ3) is 3.19. The maximum atomic E-state index is 5.31. The molecule has 3 heteroatoms. The molecule has 0 bridgehead atoms. The molecule has 0 saturated heterocycles. The Hall–Kier alpha value is -1.09. The topological polar surface area (TPSA) is 24.1 Å². The van der Waals surface area contributed by atoms with Crippen molar-refractivity contribution in [3.05, 3.63) is 35.4 Å². The molecule has 0 aromatic heterocycles. The van der Waals surface area contributed by atoms with E-state index in [-0.39, 0.29) is 0 Å². The lowest BCUT2D eigenvalue weighted by atomic mass is 9.88. The summed E-state index contributed by atoms with van der Waals surface area (Å²) in [6.07, 6.45) is 4.71. The lowest BCUT2D eigenvalue weighted by Crippen LogP contribution is -2.39. The Morgan fingerprint density at radius 2 is 2.24 bits per heavy atom. The van der Waals surface area contributed by atoms with Crippen LogP contribution in [0.25, 0.3) is 0 Å².